The number of rotatable bonds is 6. The van der Waals surface area contributed by atoms with Crippen molar-refractivity contribution in [2.45, 2.75) is 11.8 Å². The van der Waals surface area contributed by atoms with Crippen molar-refractivity contribution in [1.29, 1.82) is 0 Å². The number of pyridine rings is 1. The van der Waals surface area contributed by atoms with E-state index in [1.165, 1.54) is 18.3 Å². The fourth-order valence-electron chi connectivity index (χ4n) is 2.43. The third kappa shape index (κ3) is 4.70. The number of carbonyl (C=O) groups is 1. The summed E-state index contributed by atoms with van der Waals surface area (Å²) in [5.41, 5.74) is 3.72. The van der Waals surface area contributed by atoms with Gasteiger partial charge in [0.1, 0.15) is 0 Å². The van der Waals surface area contributed by atoms with E-state index in [2.05, 4.69) is 20.2 Å². The van der Waals surface area contributed by atoms with Gasteiger partial charge in [0.15, 0.2) is 0 Å². The molecule has 0 spiro atoms. The van der Waals surface area contributed by atoms with Crippen LogP contribution in [-0.2, 0) is 14.8 Å². The average Bonchev–Trinajstić information content (AvgIpc) is 2.67. The normalized spacial score (nSPS) is 11.8. The summed E-state index contributed by atoms with van der Waals surface area (Å²) in [5.74, 6) is -0.663. The molecule has 8 nitrogen and oxygen atoms in total. The van der Waals surface area contributed by atoms with Gasteiger partial charge in [-0.3, -0.25) is 9.59 Å². The van der Waals surface area contributed by atoms with Gasteiger partial charge in [-0.1, -0.05) is 35.9 Å². The zero-order chi connectivity index (χ0) is 20.1. The molecule has 0 radical (unpaired) electrons. The standard InChI is InChI=1S/C19H18N4O4S/c1-13-6-8-16(9-7-13)28(26,27)21-12-18(24)23-20-11-15-10-14-4-2-3-5-17(14)22-19(15)25/h2-11,21H,12H2,1H3,(H,22,25)(H,23,24). The fourth-order valence-corrected chi connectivity index (χ4v) is 3.42. The van der Waals surface area contributed by atoms with Gasteiger partial charge >= 0.3 is 0 Å². The van der Waals surface area contributed by atoms with Crippen LogP contribution in [0.25, 0.3) is 10.9 Å². The molecule has 0 bridgehead atoms. The molecule has 3 N–H and O–H groups in total. The Morgan fingerprint density at radius 1 is 1.14 bits per heavy atom. The number of aryl methyl sites for hydroxylation is 1. The number of aromatic amines is 1. The van der Waals surface area contributed by atoms with Crippen molar-refractivity contribution < 1.29 is 13.2 Å². The first-order chi connectivity index (χ1) is 13.3. The van der Waals surface area contributed by atoms with E-state index in [1.54, 1.807) is 24.3 Å². The Morgan fingerprint density at radius 2 is 1.86 bits per heavy atom. The highest BCUT2D eigenvalue weighted by Crippen LogP contribution is 2.10. The predicted octanol–water partition coefficient (Wildman–Crippen LogP) is 1.27. The number of benzene rings is 2. The number of carbonyl (C=O) groups excluding carboxylic acids is 1. The van der Waals surface area contributed by atoms with Gasteiger partial charge in [-0.2, -0.15) is 5.10 Å². The molecule has 1 amide bonds. The van der Waals surface area contributed by atoms with Gasteiger partial charge in [-0.25, -0.2) is 18.6 Å². The van der Waals surface area contributed by atoms with E-state index < -0.39 is 22.5 Å². The smallest absolute Gasteiger partial charge is 0.257 e. The summed E-state index contributed by atoms with van der Waals surface area (Å²) in [5, 5.41) is 4.53. The molecule has 0 aliphatic rings. The number of aromatic nitrogens is 1. The molecule has 0 unspecified atom stereocenters. The van der Waals surface area contributed by atoms with Crippen molar-refractivity contribution in [2.75, 3.05) is 6.54 Å². The van der Waals surface area contributed by atoms with Crippen LogP contribution in [0.3, 0.4) is 0 Å². The molecule has 3 rings (SSSR count). The second-order valence-electron chi connectivity index (χ2n) is 6.07. The molecule has 0 aliphatic heterocycles. The topological polar surface area (TPSA) is 120 Å². The number of para-hydroxylation sites is 1. The minimum atomic E-state index is -3.80. The Labute approximate surface area is 161 Å². The fraction of sp³-hybridized carbons (Fsp3) is 0.105. The van der Waals surface area contributed by atoms with Gasteiger partial charge in [0.2, 0.25) is 10.0 Å². The largest absolute Gasteiger partial charge is 0.321 e. The van der Waals surface area contributed by atoms with Crippen LogP contribution in [0.2, 0.25) is 0 Å². The number of nitrogens with one attached hydrogen (secondary N) is 3. The van der Waals surface area contributed by atoms with Crippen molar-refractivity contribution in [3.63, 3.8) is 0 Å². The van der Waals surface area contributed by atoms with E-state index in [-0.39, 0.29) is 16.0 Å². The SMILES string of the molecule is Cc1ccc(S(=O)(=O)NCC(=O)NN=Cc2cc3ccccc3[nH]c2=O)cc1. The van der Waals surface area contributed by atoms with Crippen LogP contribution in [0, 0.1) is 6.92 Å². The summed E-state index contributed by atoms with van der Waals surface area (Å²) in [6.45, 7) is 1.36. The van der Waals surface area contributed by atoms with Gasteiger partial charge in [0.05, 0.1) is 23.2 Å². The Hall–Kier alpha value is -3.30. The van der Waals surface area contributed by atoms with Crippen molar-refractivity contribution in [3.8, 4) is 0 Å². The van der Waals surface area contributed by atoms with E-state index >= 15 is 0 Å². The van der Waals surface area contributed by atoms with Crippen LogP contribution in [0.15, 0.2) is 69.4 Å². The number of fused-ring (bicyclic) bond motifs is 1. The highest BCUT2D eigenvalue weighted by molar-refractivity contribution is 7.89. The molecule has 0 aliphatic carbocycles. The van der Waals surface area contributed by atoms with Crippen LogP contribution >= 0.6 is 0 Å². The Bertz CT molecular complexity index is 1200. The number of nitrogens with zero attached hydrogens (tertiary/aromatic N) is 1. The van der Waals surface area contributed by atoms with Crippen LogP contribution in [-0.4, -0.2) is 32.1 Å². The highest BCUT2D eigenvalue weighted by atomic mass is 32.2. The van der Waals surface area contributed by atoms with Crippen molar-refractivity contribution in [3.05, 3.63) is 76.1 Å². The molecule has 0 fully saturated rings. The van der Waals surface area contributed by atoms with Gasteiger partial charge in [-0.15, -0.1) is 0 Å². The van der Waals surface area contributed by atoms with Crippen molar-refractivity contribution in [2.24, 2.45) is 5.10 Å². The molecule has 0 saturated carbocycles. The molecule has 0 atom stereocenters. The third-order valence-electron chi connectivity index (χ3n) is 3.93. The summed E-state index contributed by atoms with van der Waals surface area (Å²) >= 11 is 0. The van der Waals surface area contributed by atoms with E-state index in [0.29, 0.717) is 5.52 Å². The Morgan fingerprint density at radius 3 is 2.61 bits per heavy atom. The summed E-state index contributed by atoms with van der Waals surface area (Å²) in [6, 6.07) is 15.2. The van der Waals surface area contributed by atoms with Crippen LogP contribution in [0.4, 0.5) is 0 Å². The number of hydrazone groups is 1. The van der Waals surface area contributed by atoms with E-state index in [9.17, 15) is 18.0 Å². The predicted molar refractivity (Wildman–Crippen MR) is 107 cm³/mol. The lowest BCUT2D eigenvalue weighted by molar-refractivity contribution is -0.119. The number of H-pyrrole nitrogens is 1. The molecule has 144 valence electrons. The second kappa shape index (κ2) is 8.15. The molecular formula is C19H18N4O4S. The molecular weight excluding hydrogens is 380 g/mol. The van der Waals surface area contributed by atoms with Gasteiger partial charge in [0, 0.05) is 5.52 Å². The van der Waals surface area contributed by atoms with Gasteiger partial charge in [-0.05, 0) is 36.6 Å². The first kappa shape index (κ1) is 19.5. The molecule has 1 aromatic heterocycles. The lowest BCUT2D eigenvalue weighted by atomic mass is 10.2. The number of hydrogen-bond donors (Lipinski definition) is 3. The van der Waals surface area contributed by atoms with E-state index in [0.717, 1.165) is 10.9 Å². The van der Waals surface area contributed by atoms with E-state index in [4.69, 9.17) is 0 Å². The molecule has 3 aromatic rings. The monoisotopic (exact) mass is 398 g/mol. The summed E-state index contributed by atoms with van der Waals surface area (Å²) in [4.78, 5) is 26.6. The molecule has 9 heteroatoms. The maximum Gasteiger partial charge on any atom is 0.257 e. The maximum absolute atomic E-state index is 12.1. The lowest BCUT2D eigenvalue weighted by Crippen LogP contribution is -2.35. The zero-order valence-corrected chi connectivity index (χ0v) is 15.8. The van der Waals surface area contributed by atoms with E-state index in [1.807, 2.05) is 25.1 Å². The minimum absolute atomic E-state index is 0.0668. The Kier molecular flexibility index (Phi) is 5.67. The first-order valence-electron chi connectivity index (χ1n) is 8.35. The lowest BCUT2D eigenvalue weighted by Gasteiger charge is -2.06. The van der Waals surface area contributed by atoms with Crippen molar-refractivity contribution >= 4 is 33.0 Å². The summed E-state index contributed by atoms with van der Waals surface area (Å²) in [6.07, 6.45) is 1.21. The van der Waals surface area contributed by atoms with Gasteiger partial charge < -0.3 is 4.98 Å². The average molecular weight is 398 g/mol. The van der Waals surface area contributed by atoms with Gasteiger partial charge in [0.25, 0.3) is 11.5 Å². The quantitative estimate of drug-likeness (QED) is 0.428. The highest BCUT2D eigenvalue weighted by Gasteiger charge is 2.14. The first-order valence-corrected chi connectivity index (χ1v) is 9.84. The van der Waals surface area contributed by atoms with Crippen LogP contribution in [0.1, 0.15) is 11.1 Å². The summed E-state index contributed by atoms with van der Waals surface area (Å²) in [7, 11) is -3.80. The molecule has 28 heavy (non-hydrogen) atoms. The van der Waals surface area contributed by atoms with Crippen molar-refractivity contribution in [1.82, 2.24) is 15.1 Å². The number of hydrogen-bond acceptors (Lipinski definition) is 5. The molecule has 0 saturated heterocycles. The van der Waals surface area contributed by atoms with Crippen LogP contribution in [0.5, 0.6) is 0 Å². The molecule has 1 heterocycles. The Balaban J connectivity index is 1.60. The zero-order valence-electron chi connectivity index (χ0n) is 15.0. The number of sulfonamides is 1. The van der Waals surface area contributed by atoms with Crippen LogP contribution < -0.4 is 15.7 Å². The maximum atomic E-state index is 12.1. The number of amides is 1. The summed E-state index contributed by atoms with van der Waals surface area (Å²) < 4.78 is 26.5. The molecule has 2 aromatic carbocycles. The third-order valence-corrected chi connectivity index (χ3v) is 5.35. The second-order valence-corrected chi connectivity index (χ2v) is 7.84. The minimum Gasteiger partial charge on any atom is -0.321 e.